The maximum absolute atomic E-state index is 12.7. The molecule has 10 heteroatoms. The highest BCUT2D eigenvalue weighted by atomic mass is 32.2. The van der Waals surface area contributed by atoms with Gasteiger partial charge in [-0.1, -0.05) is 6.07 Å². The van der Waals surface area contributed by atoms with Gasteiger partial charge in [-0.05, 0) is 36.6 Å². The van der Waals surface area contributed by atoms with E-state index in [-0.39, 0.29) is 24.8 Å². The van der Waals surface area contributed by atoms with E-state index < -0.39 is 21.5 Å². The number of hydrogen-bond acceptors (Lipinski definition) is 6. The van der Waals surface area contributed by atoms with Crippen molar-refractivity contribution < 1.29 is 22.7 Å². The van der Waals surface area contributed by atoms with E-state index in [1.165, 1.54) is 22.6 Å². The lowest BCUT2D eigenvalue weighted by atomic mass is 10.2. The molecule has 2 aliphatic heterocycles. The number of fused-ring (bicyclic) bond motifs is 1. The molecule has 9 nitrogen and oxygen atoms in total. The number of nitrogens with one attached hydrogen (secondary N) is 1. The van der Waals surface area contributed by atoms with Gasteiger partial charge in [-0.3, -0.25) is 9.59 Å². The molecule has 1 N–H and O–H groups in total. The number of carbonyl (C=O) groups excluding carboxylic acids is 1. The third-order valence-corrected chi connectivity index (χ3v) is 6.78. The molecule has 1 aromatic heterocycles. The van der Waals surface area contributed by atoms with E-state index in [4.69, 9.17) is 9.47 Å². The van der Waals surface area contributed by atoms with E-state index in [9.17, 15) is 18.0 Å². The molecule has 0 atom stereocenters. The maximum atomic E-state index is 12.7. The molecule has 0 bridgehead atoms. The fourth-order valence-corrected chi connectivity index (χ4v) is 4.86. The zero-order valence-electron chi connectivity index (χ0n) is 15.7. The van der Waals surface area contributed by atoms with Crippen molar-refractivity contribution in [1.29, 1.82) is 0 Å². The number of nitrogens with zero attached hydrogens (tertiary/aromatic N) is 2. The summed E-state index contributed by atoms with van der Waals surface area (Å²) in [5.74, 6) is 0.871. The Morgan fingerprint density at radius 2 is 1.83 bits per heavy atom. The summed E-state index contributed by atoms with van der Waals surface area (Å²) in [6, 6.07) is 7.81. The Balaban J connectivity index is 1.43. The van der Waals surface area contributed by atoms with Crippen LogP contribution in [0.1, 0.15) is 18.4 Å². The first-order valence-corrected chi connectivity index (χ1v) is 10.7. The quantitative estimate of drug-likeness (QED) is 0.738. The topological polar surface area (TPSA) is 107 Å². The van der Waals surface area contributed by atoms with Crippen LogP contribution in [0.3, 0.4) is 0 Å². The molecule has 154 valence electrons. The van der Waals surface area contributed by atoms with Crippen molar-refractivity contribution in [3.05, 3.63) is 52.4 Å². The van der Waals surface area contributed by atoms with Gasteiger partial charge in [0, 0.05) is 31.9 Å². The smallest absolute Gasteiger partial charge is 0.251 e. The Kier molecular flexibility index (Phi) is 5.29. The van der Waals surface area contributed by atoms with Gasteiger partial charge in [0.1, 0.15) is 6.54 Å². The van der Waals surface area contributed by atoms with Crippen LogP contribution < -0.4 is 20.3 Å². The summed E-state index contributed by atoms with van der Waals surface area (Å²) in [7, 11) is -3.66. The van der Waals surface area contributed by atoms with Gasteiger partial charge in [-0.15, -0.1) is 0 Å². The molecule has 0 unspecified atom stereocenters. The second-order valence-electron chi connectivity index (χ2n) is 6.91. The normalized spacial score (nSPS) is 16.1. The van der Waals surface area contributed by atoms with E-state index in [1.54, 1.807) is 12.1 Å². The number of aromatic nitrogens is 1. The summed E-state index contributed by atoms with van der Waals surface area (Å²) >= 11 is 0. The Labute approximate surface area is 167 Å². The lowest BCUT2D eigenvalue weighted by molar-refractivity contribution is -0.121. The van der Waals surface area contributed by atoms with Crippen LogP contribution in [0.2, 0.25) is 0 Å². The average Bonchev–Trinajstić information content (AvgIpc) is 3.39. The number of pyridine rings is 1. The van der Waals surface area contributed by atoms with Crippen LogP contribution in [0.15, 0.2) is 46.2 Å². The van der Waals surface area contributed by atoms with Crippen molar-refractivity contribution >= 4 is 15.9 Å². The first kappa shape index (κ1) is 19.5. The largest absolute Gasteiger partial charge is 0.454 e. The van der Waals surface area contributed by atoms with E-state index in [0.717, 1.165) is 23.0 Å². The highest BCUT2D eigenvalue weighted by Crippen LogP contribution is 2.32. The summed E-state index contributed by atoms with van der Waals surface area (Å²) < 4.78 is 38.4. The van der Waals surface area contributed by atoms with Gasteiger partial charge in [0.15, 0.2) is 11.5 Å². The van der Waals surface area contributed by atoms with Gasteiger partial charge in [-0.2, -0.15) is 4.31 Å². The molecule has 2 aromatic rings. The lowest BCUT2D eigenvalue weighted by Crippen LogP contribution is -2.33. The molecule has 29 heavy (non-hydrogen) atoms. The van der Waals surface area contributed by atoms with Crippen molar-refractivity contribution in [2.45, 2.75) is 30.8 Å². The molecule has 4 rings (SSSR count). The SMILES string of the molecule is O=C(Cn1cc(S(=O)(=O)N2CCCC2)ccc1=O)NCc1ccc2c(c1)OCO2. The first-order valence-electron chi connectivity index (χ1n) is 9.29. The predicted molar refractivity (Wildman–Crippen MR) is 103 cm³/mol. The maximum Gasteiger partial charge on any atom is 0.251 e. The zero-order valence-corrected chi connectivity index (χ0v) is 16.5. The van der Waals surface area contributed by atoms with Crippen molar-refractivity contribution in [2.75, 3.05) is 19.9 Å². The van der Waals surface area contributed by atoms with E-state index >= 15 is 0 Å². The van der Waals surface area contributed by atoms with Crippen LogP contribution >= 0.6 is 0 Å². The number of ether oxygens (including phenoxy) is 2. The summed E-state index contributed by atoms with van der Waals surface area (Å²) in [5, 5.41) is 2.72. The number of benzene rings is 1. The standard InChI is InChI=1S/C19H21N3O6S/c23-18(20-10-14-3-5-16-17(9-14)28-13-27-16)12-21-11-15(4-6-19(21)24)29(25,26)22-7-1-2-8-22/h3-6,9,11H,1-2,7-8,10,12-13H2,(H,20,23). The van der Waals surface area contributed by atoms with Crippen LogP contribution in [-0.4, -0.2) is 43.1 Å². The average molecular weight is 419 g/mol. The highest BCUT2D eigenvalue weighted by molar-refractivity contribution is 7.89. The Hall–Kier alpha value is -2.85. The van der Waals surface area contributed by atoms with E-state index in [1.807, 2.05) is 6.07 Å². The monoisotopic (exact) mass is 419 g/mol. The second kappa shape index (κ2) is 7.88. The summed E-state index contributed by atoms with van der Waals surface area (Å²) in [6.07, 6.45) is 2.87. The van der Waals surface area contributed by atoms with Gasteiger partial charge in [0.25, 0.3) is 5.56 Å². The van der Waals surface area contributed by atoms with Gasteiger partial charge in [0.05, 0.1) is 4.90 Å². The molecular formula is C19H21N3O6S. The van der Waals surface area contributed by atoms with Crippen LogP contribution in [0, 0.1) is 0 Å². The molecule has 1 fully saturated rings. The van der Waals surface area contributed by atoms with Gasteiger partial charge in [-0.25, -0.2) is 8.42 Å². The molecule has 0 saturated carbocycles. The molecule has 3 heterocycles. The summed E-state index contributed by atoms with van der Waals surface area (Å²) in [5.41, 5.74) is 0.379. The Morgan fingerprint density at radius 3 is 2.62 bits per heavy atom. The molecule has 1 aromatic carbocycles. The Bertz CT molecular complexity index is 1090. The van der Waals surface area contributed by atoms with E-state index in [0.29, 0.717) is 24.6 Å². The lowest BCUT2D eigenvalue weighted by Gasteiger charge is -2.16. The van der Waals surface area contributed by atoms with E-state index in [2.05, 4.69) is 5.32 Å². The van der Waals surface area contributed by atoms with Crippen molar-refractivity contribution in [2.24, 2.45) is 0 Å². The van der Waals surface area contributed by atoms with Crippen LogP contribution in [0.4, 0.5) is 0 Å². The minimum atomic E-state index is -3.66. The van der Waals surface area contributed by atoms with Gasteiger partial charge in [0.2, 0.25) is 22.7 Å². The Morgan fingerprint density at radius 1 is 1.07 bits per heavy atom. The van der Waals surface area contributed by atoms with Crippen LogP contribution in [-0.2, 0) is 27.9 Å². The minimum absolute atomic E-state index is 0.0163. The van der Waals surface area contributed by atoms with Gasteiger partial charge >= 0.3 is 0 Å². The molecule has 2 aliphatic rings. The number of sulfonamides is 1. The molecular weight excluding hydrogens is 398 g/mol. The third kappa shape index (κ3) is 4.13. The molecule has 0 aliphatic carbocycles. The number of amides is 1. The summed E-state index contributed by atoms with van der Waals surface area (Å²) in [4.78, 5) is 24.4. The predicted octanol–water partition coefficient (Wildman–Crippen LogP) is 0.678. The van der Waals surface area contributed by atoms with Crippen molar-refractivity contribution in [3.8, 4) is 11.5 Å². The van der Waals surface area contributed by atoms with Gasteiger partial charge < -0.3 is 19.4 Å². The number of carbonyl (C=O) groups is 1. The zero-order chi connectivity index (χ0) is 20.4. The van der Waals surface area contributed by atoms with Crippen LogP contribution in [0.25, 0.3) is 0 Å². The number of rotatable bonds is 6. The highest BCUT2D eigenvalue weighted by Gasteiger charge is 2.27. The van der Waals surface area contributed by atoms with Crippen molar-refractivity contribution in [1.82, 2.24) is 14.2 Å². The molecule has 1 amide bonds. The molecule has 0 radical (unpaired) electrons. The van der Waals surface area contributed by atoms with Crippen LogP contribution in [0.5, 0.6) is 11.5 Å². The first-order chi connectivity index (χ1) is 13.9. The minimum Gasteiger partial charge on any atom is -0.454 e. The third-order valence-electron chi connectivity index (χ3n) is 4.90. The fraction of sp³-hybridized carbons (Fsp3) is 0.368. The molecule has 0 spiro atoms. The second-order valence-corrected chi connectivity index (χ2v) is 8.84. The number of hydrogen-bond donors (Lipinski definition) is 1. The fourth-order valence-electron chi connectivity index (χ4n) is 3.33. The molecule has 1 saturated heterocycles. The van der Waals surface area contributed by atoms with Crippen molar-refractivity contribution in [3.63, 3.8) is 0 Å². The summed E-state index contributed by atoms with van der Waals surface area (Å²) in [6.45, 7) is 1.09.